The Morgan fingerprint density at radius 2 is 2.09 bits per heavy atom. The molecule has 2 aromatic heterocycles. The second kappa shape index (κ2) is 10.5. The number of carboxylic acid groups (broad SMARTS) is 1. The molecule has 1 N–H and O–H groups in total. The highest BCUT2D eigenvalue weighted by atomic mass is 127. The molecule has 9 heteroatoms. The smallest absolute Gasteiger partial charge is 0.407 e. The standard InChI is InChI=1S/C25H36IN3O4Si/c1-25(2,3)29(24(31)32)19-9-7-8-17(12-19)21-18(15-30)13-27-23-22(21)20(26)14-28(23)16-33-10-11-34(4,5)6/h8,13-15,19H,7,9-12,16H2,1-6H3,(H,31,32). The summed E-state index contributed by atoms with van der Waals surface area (Å²) in [6.45, 7) is 13.9. The molecule has 1 aliphatic carbocycles. The summed E-state index contributed by atoms with van der Waals surface area (Å²) in [4.78, 5) is 30.3. The number of pyridine rings is 1. The molecule has 186 valence electrons. The molecule has 0 aliphatic heterocycles. The summed E-state index contributed by atoms with van der Waals surface area (Å²) >= 11 is 2.29. The predicted octanol–water partition coefficient (Wildman–Crippen LogP) is 6.48. The van der Waals surface area contributed by atoms with Crippen LogP contribution in [0.3, 0.4) is 0 Å². The molecule has 34 heavy (non-hydrogen) atoms. The van der Waals surface area contributed by atoms with E-state index in [9.17, 15) is 14.7 Å². The number of fused-ring (bicyclic) bond motifs is 1. The number of carbonyl (C=O) groups excluding carboxylic acids is 1. The van der Waals surface area contributed by atoms with E-state index in [1.165, 1.54) is 0 Å². The van der Waals surface area contributed by atoms with Gasteiger partial charge >= 0.3 is 6.09 Å². The van der Waals surface area contributed by atoms with Crippen LogP contribution < -0.4 is 0 Å². The lowest BCUT2D eigenvalue weighted by Gasteiger charge is -2.41. The summed E-state index contributed by atoms with van der Waals surface area (Å²) in [6, 6.07) is 0.948. The molecule has 1 aliphatic rings. The fourth-order valence-electron chi connectivity index (χ4n) is 4.60. The quantitative estimate of drug-likeness (QED) is 0.163. The minimum atomic E-state index is -1.17. The molecule has 7 nitrogen and oxygen atoms in total. The maximum absolute atomic E-state index is 12.1. The molecular formula is C25H36IN3O4Si. The van der Waals surface area contributed by atoms with Gasteiger partial charge in [0.1, 0.15) is 12.4 Å². The van der Waals surface area contributed by atoms with Crippen LogP contribution in [0.1, 0.15) is 56.0 Å². The first kappa shape index (κ1) is 26.9. The molecule has 0 aromatic carbocycles. The number of nitrogens with zero attached hydrogens (tertiary/aromatic N) is 3. The van der Waals surface area contributed by atoms with Crippen molar-refractivity contribution in [1.29, 1.82) is 0 Å². The van der Waals surface area contributed by atoms with Crippen LogP contribution in [0.25, 0.3) is 16.6 Å². The molecule has 0 fully saturated rings. The molecule has 3 rings (SSSR count). The number of hydrogen-bond acceptors (Lipinski definition) is 4. The minimum Gasteiger partial charge on any atom is -0.465 e. The molecule has 0 spiro atoms. The first-order valence-corrected chi connectivity index (χ1v) is 16.5. The third-order valence-corrected chi connectivity index (χ3v) is 8.71. The zero-order valence-electron chi connectivity index (χ0n) is 21.0. The van der Waals surface area contributed by atoms with E-state index in [1.807, 2.05) is 31.5 Å². The van der Waals surface area contributed by atoms with Crippen molar-refractivity contribution >= 4 is 59.7 Å². The topological polar surface area (TPSA) is 84.7 Å². The second-order valence-corrected chi connectivity index (χ2v) is 18.0. The van der Waals surface area contributed by atoms with E-state index >= 15 is 0 Å². The molecule has 0 radical (unpaired) electrons. The summed E-state index contributed by atoms with van der Waals surface area (Å²) < 4.78 is 8.97. The van der Waals surface area contributed by atoms with Gasteiger partial charge in [-0.3, -0.25) is 4.79 Å². The van der Waals surface area contributed by atoms with Gasteiger partial charge in [0.15, 0.2) is 6.29 Å². The van der Waals surface area contributed by atoms with Gasteiger partial charge in [0.05, 0.1) is 0 Å². The van der Waals surface area contributed by atoms with E-state index in [2.05, 4.69) is 53.3 Å². The van der Waals surface area contributed by atoms with Gasteiger partial charge in [0.25, 0.3) is 0 Å². The first-order valence-electron chi connectivity index (χ1n) is 11.8. The number of allylic oxidation sites excluding steroid dienone is 1. The van der Waals surface area contributed by atoms with Crippen LogP contribution in [0.2, 0.25) is 25.7 Å². The average Bonchev–Trinajstić information content (AvgIpc) is 3.04. The van der Waals surface area contributed by atoms with E-state index in [0.29, 0.717) is 18.7 Å². The van der Waals surface area contributed by atoms with E-state index in [-0.39, 0.29) is 6.04 Å². The zero-order chi connectivity index (χ0) is 25.3. The Hall–Kier alpha value is -1.72. The van der Waals surface area contributed by atoms with Crippen molar-refractivity contribution in [2.24, 2.45) is 0 Å². The van der Waals surface area contributed by atoms with Gasteiger partial charge in [-0.2, -0.15) is 0 Å². The van der Waals surface area contributed by atoms with Crippen LogP contribution in [0.5, 0.6) is 0 Å². The van der Waals surface area contributed by atoms with Crippen molar-refractivity contribution in [1.82, 2.24) is 14.5 Å². The van der Waals surface area contributed by atoms with Crippen molar-refractivity contribution in [3.63, 3.8) is 0 Å². The van der Waals surface area contributed by atoms with Gasteiger partial charge in [0.2, 0.25) is 0 Å². The summed E-state index contributed by atoms with van der Waals surface area (Å²) in [7, 11) is -1.17. The van der Waals surface area contributed by atoms with Gasteiger partial charge < -0.3 is 19.3 Å². The number of halogens is 1. The molecule has 0 saturated carbocycles. The second-order valence-electron chi connectivity index (χ2n) is 11.2. The van der Waals surface area contributed by atoms with E-state index in [4.69, 9.17) is 4.74 Å². The van der Waals surface area contributed by atoms with Crippen molar-refractivity contribution < 1.29 is 19.4 Å². The number of amides is 1. The number of hydrogen-bond donors (Lipinski definition) is 1. The Balaban J connectivity index is 1.97. The highest BCUT2D eigenvalue weighted by Crippen LogP contribution is 2.38. The summed E-state index contributed by atoms with van der Waals surface area (Å²) in [5.41, 5.74) is 2.69. The van der Waals surface area contributed by atoms with E-state index in [1.54, 1.807) is 11.1 Å². The normalized spacial score (nSPS) is 17.0. The molecule has 1 amide bonds. The zero-order valence-corrected chi connectivity index (χ0v) is 24.2. The number of ether oxygens (including phenoxy) is 1. The highest BCUT2D eigenvalue weighted by molar-refractivity contribution is 14.1. The van der Waals surface area contributed by atoms with Crippen LogP contribution in [0.15, 0.2) is 18.5 Å². The summed E-state index contributed by atoms with van der Waals surface area (Å²) in [5.74, 6) is 0. The van der Waals surface area contributed by atoms with Crippen LogP contribution in [-0.2, 0) is 11.5 Å². The number of aromatic nitrogens is 2. The molecular weight excluding hydrogens is 561 g/mol. The fourth-order valence-corrected chi connectivity index (χ4v) is 6.21. The van der Waals surface area contributed by atoms with Crippen molar-refractivity contribution in [3.8, 4) is 0 Å². The fraction of sp³-hybridized carbons (Fsp3) is 0.560. The van der Waals surface area contributed by atoms with E-state index < -0.39 is 19.7 Å². The van der Waals surface area contributed by atoms with Gasteiger partial charge in [-0.15, -0.1) is 0 Å². The molecule has 0 bridgehead atoms. The maximum Gasteiger partial charge on any atom is 0.407 e. The number of aldehydes is 1. The van der Waals surface area contributed by atoms with Gasteiger partial charge in [0, 0.05) is 58.7 Å². The molecule has 2 aromatic rings. The Labute approximate surface area is 216 Å². The summed E-state index contributed by atoms with van der Waals surface area (Å²) in [5, 5.41) is 10.8. The van der Waals surface area contributed by atoms with Gasteiger partial charge in [-0.25, -0.2) is 9.78 Å². The summed E-state index contributed by atoms with van der Waals surface area (Å²) in [6.07, 6.45) is 7.83. The molecule has 2 heterocycles. The van der Waals surface area contributed by atoms with Crippen LogP contribution in [-0.4, -0.2) is 58.2 Å². The van der Waals surface area contributed by atoms with Gasteiger partial charge in [-0.05, 0) is 74.2 Å². The third kappa shape index (κ3) is 6.09. The maximum atomic E-state index is 12.1. The minimum absolute atomic E-state index is 0.148. The number of carbonyl (C=O) groups is 2. The number of rotatable bonds is 8. The molecule has 1 unspecified atom stereocenters. The average molecular weight is 598 g/mol. The van der Waals surface area contributed by atoms with Gasteiger partial charge in [-0.1, -0.05) is 25.7 Å². The monoisotopic (exact) mass is 597 g/mol. The Morgan fingerprint density at radius 1 is 1.38 bits per heavy atom. The van der Waals surface area contributed by atoms with Crippen molar-refractivity contribution in [2.45, 2.75) is 84.0 Å². The Bertz CT molecular complexity index is 1100. The van der Waals surface area contributed by atoms with Crippen LogP contribution in [0, 0.1) is 3.57 Å². The van der Waals surface area contributed by atoms with Crippen LogP contribution in [0.4, 0.5) is 4.79 Å². The highest BCUT2D eigenvalue weighted by Gasteiger charge is 2.35. The molecule has 1 atom stereocenters. The first-order chi connectivity index (χ1) is 15.8. The van der Waals surface area contributed by atoms with Crippen molar-refractivity contribution in [3.05, 3.63) is 33.2 Å². The lowest BCUT2D eigenvalue weighted by molar-refractivity contribution is 0.0678. The van der Waals surface area contributed by atoms with E-state index in [0.717, 1.165) is 57.5 Å². The Kier molecular flexibility index (Phi) is 8.29. The molecule has 0 saturated heterocycles. The lowest BCUT2D eigenvalue weighted by atomic mass is 9.85. The Morgan fingerprint density at radius 3 is 2.68 bits per heavy atom. The largest absolute Gasteiger partial charge is 0.465 e. The van der Waals surface area contributed by atoms with Crippen LogP contribution >= 0.6 is 22.6 Å². The SMILES string of the molecule is CC(C)(C)N(C(=O)O)C1CCC=C(c2c(C=O)cnc3c2c(I)cn3COCC[Si](C)(C)C)C1. The van der Waals surface area contributed by atoms with Crippen molar-refractivity contribution in [2.75, 3.05) is 6.61 Å². The third-order valence-electron chi connectivity index (χ3n) is 6.18. The lowest BCUT2D eigenvalue weighted by Crippen LogP contribution is -2.51. The predicted molar refractivity (Wildman–Crippen MR) is 147 cm³/mol.